The van der Waals surface area contributed by atoms with E-state index in [-0.39, 0.29) is 54.1 Å². The topological polar surface area (TPSA) is 93.1 Å². The molecule has 0 aromatic heterocycles. The number of hydrogen-bond donors (Lipinski definition) is 2. The Kier molecular flexibility index (Phi) is 6.38. The molecule has 1 heterocycles. The fourth-order valence-corrected chi connectivity index (χ4v) is 8.76. The number of Topliss-reactive ketones (excluding diaryl/α,β-unsaturated/α-hetero) is 1. The van der Waals surface area contributed by atoms with E-state index in [9.17, 15) is 19.8 Å². The Bertz CT molecular complexity index is 993. The SMILES string of the molecule is COCC1=C(C)C[C@H]([C@@H](CO)C2CCC3C4CC=C5C=CCC(=O)[C@]5(C)C4C[C@H](O)[C@@]32C)OC1=O. The zero-order valence-electron chi connectivity index (χ0n) is 21.5. The Labute approximate surface area is 208 Å². The van der Waals surface area contributed by atoms with Crippen molar-refractivity contribution in [2.75, 3.05) is 20.3 Å². The van der Waals surface area contributed by atoms with E-state index in [0.29, 0.717) is 30.8 Å². The van der Waals surface area contributed by atoms with E-state index in [2.05, 4.69) is 26.0 Å². The summed E-state index contributed by atoms with van der Waals surface area (Å²) in [4.78, 5) is 25.9. The molecule has 2 N–H and O–H groups in total. The fraction of sp³-hybridized carbons (Fsp3) is 0.724. The van der Waals surface area contributed by atoms with Crippen LogP contribution in [-0.4, -0.2) is 54.5 Å². The molecule has 4 aliphatic carbocycles. The highest BCUT2D eigenvalue weighted by atomic mass is 16.5. The van der Waals surface area contributed by atoms with Crippen molar-refractivity contribution in [2.45, 2.75) is 71.5 Å². The van der Waals surface area contributed by atoms with Crippen LogP contribution < -0.4 is 0 Å². The highest BCUT2D eigenvalue weighted by Crippen LogP contribution is 2.66. The van der Waals surface area contributed by atoms with Crippen molar-refractivity contribution in [1.29, 1.82) is 0 Å². The van der Waals surface area contributed by atoms with Gasteiger partial charge in [-0.2, -0.15) is 0 Å². The van der Waals surface area contributed by atoms with Crippen LogP contribution in [0, 0.1) is 40.4 Å². The smallest absolute Gasteiger partial charge is 0.336 e. The second-order valence-corrected chi connectivity index (χ2v) is 12.0. The molecular weight excluding hydrogens is 444 g/mol. The normalized spacial score (nSPS) is 43.8. The number of cyclic esters (lactones) is 1. The first-order valence-electron chi connectivity index (χ1n) is 13.3. The molecule has 5 aliphatic rings. The van der Waals surface area contributed by atoms with Crippen LogP contribution >= 0.6 is 0 Å². The molecule has 4 unspecified atom stereocenters. The van der Waals surface area contributed by atoms with Gasteiger partial charge in [0, 0.05) is 32.5 Å². The van der Waals surface area contributed by atoms with Gasteiger partial charge in [0.25, 0.3) is 0 Å². The highest BCUT2D eigenvalue weighted by molar-refractivity contribution is 5.92. The third kappa shape index (κ3) is 3.54. The second-order valence-electron chi connectivity index (χ2n) is 12.0. The van der Waals surface area contributed by atoms with Gasteiger partial charge in [0.15, 0.2) is 0 Å². The summed E-state index contributed by atoms with van der Waals surface area (Å²) in [5.74, 6) is 0.456. The number of ether oxygens (including phenoxy) is 2. The van der Waals surface area contributed by atoms with Crippen LogP contribution in [0.4, 0.5) is 0 Å². The van der Waals surface area contributed by atoms with E-state index in [1.807, 2.05) is 13.0 Å². The zero-order chi connectivity index (χ0) is 25.1. The molecule has 0 spiro atoms. The molecule has 6 heteroatoms. The van der Waals surface area contributed by atoms with Gasteiger partial charge in [-0.15, -0.1) is 0 Å². The van der Waals surface area contributed by atoms with Gasteiger partial charge in [-0.25, -0.2) is 4.79 Å². The van der Waals surface area contributed by atoms with Crippen LogP contribution in [-0.2, 0) is 19.1 Å². The maximum Gasteiger partial charge on any atom is 0.336 e. The largest absolute Gasteiger partial charge is 0.458 e. The molecule has 0 bridgehead atoms. The molecular formula is C29H40O6. The number of hydrogen-bond acceptors (Lipinski definition) is 6. The monoisotopic (exact) mass is 484 g/mol. The van der Waals surface area contributed by atoms with Crippen molar-refractivity contribution in [2.24, 2.45) is 40.4 Å². The number of ketones is 1. The lowest BCUT2D eigenvalue weighted by Crippen LogP contribution is -2.58. The molecule has 0 radical (unpaired) electrons. The van der Waals surface area contributed by atoms with Gasteiger partial charge in [0.1, 0.15) is 11.9 Å². The Hall–Kier alpha value is -1.76. The number of aliphatic hydroxyl groups excluding tert-OH is 2. The predicted molar refractivity (Wildman–Crippen MR) is 131 cm³/mol. The minimum atomic E-state index is -0.565. The summed E-state index contributed by atoms with van der Waals surface area (Å²) in [7, 11) is 1.56. The molecule has 5 rings (SSSR count). The first kappa shape index (κ1) is 24.9. The summed E-state index contributed by atoms with van der Waals surface area (Å²) in [6, 6.07) is 0. The number of esters is 1. The summed E-state index contributed by atoms with van der Waals surface area (Å²) in [5.41, 5.74) is 1.74. The van der Waals surface area contributed by atoms with Crippen LogP contribution in [0.5, 0.6) is 0 Å². The van der Waals surface area contributed by atoms with E-state index < -0.39 is 17.6 Å². The van der Waals surface area contributed by atoms with Crippen LogP contribution in [0.2, 0.25) is 0 Å². The van der Waals surface area contributed by atoms with E-state index in [1.165, 1.54) is 0 Å². The van der Waals surface area contributed by atoms with Gasteiger partial charge >= 0.3 is 5.97 Å². The van der Waals surface area contributed by atoms with Crippen molar-refractivity contribution < 1.29 is 29.3 Å². The summed E-state index contributed by atoms with van der Waals surface area (Å²) in [5, 5.41) is 22.3. The number of aliphatic hydroxyl groups is 2. The van der Waals surface area contributed by atoms with Gasteiger partial charge in [-0.3, -0.25) is 4.79 Å². The molecule has 2 saturated carbocycles. The molecule has 0 saturated heterocycles. The Balaban J connectivity index is 1.44. The van der Waals surface area contributed by atoms with Crippen molar-refractivity contribution in [3.8, 4) is 0 Å². The quantitative estimate of drug-likeness (QED) is 0.577. The Morgan fingerprint density at radius 1 is 1.23 bits per heavy atom. The Morgan fingerprint density at radius 2 is 2.00 bits per heavy atom. The molecule has 35 heavy (non-hydrogen) atoms. The zero-order valence-corrected chi connectivity index (χ0v) is 21.5. The summed E-state index contributed by atoms with van der Waals surface area (Å²) < 4.78 is 11.0. The summed E-state index contributed by atoms with van der Waals surface area (Å²) in [6.07, 6.45) is 9.80. The number of allylic oxidation sites excluding steroid dienone is 4. The molecule has 1 aliphatic heterocycles. The van der Waals surface area contributed by atoms with Crippen molar-refractivity contribution >= 4 is 11.8 Å². The highest BCUT2D eigenvalue weighted by Gasteiger charge is 2.64. The number of methoxy groups -OCH3 is 1. The second kappa shape index (κ2) is 8.97. The Morgan fingerprint density at radius 3 is 2.69 bits per heavy atom. The van der Waals surface area contributed by atoms with E-state index in [1.54, 1.807) is 7.11 Å². The number of fused-ring (bicyclic) bond motifs is 5. The lowest BCUT2D eigenvalue weighted by atomic mass is 9.46. The number of rotatable bonds is 5. The maximum atomic E-state index is 13.2. The lowest BCUT2D eigenvalue weighted by molar-refractivity contribution is -0.165. The van der Waals surface area contributed by atoms with Crippen LogP contribution in [0.15, 0.2) is 34.9 Å². The van der Waals surface area contributed by atoms with E-state index in [0.717, 1.165) is 30.4 Å². The molecule has 0 aromatic rings. The molecule has 9 atom stereocenters. The molecule has 2 fully saturated rings. The summed E-state index contributed by atoms with van der Waals surface area (Å²) >= 11 is 0. The third-order valence-corrected chi connectivity index (χ3v) is 10.8. The molecule has 192 valence electrons. The van der Waals surface area contributed by atoms with Crippen LogP contribution in [0.25, 0.3) is 0 Å². The molecule has 0 amide bonds. The molecule has 0 aromatic carbocycles. The van der Waals surface area contributed by atoms with Gasteiger partial charge < -0.3 is 19.7 Å². The maximum absolute atomic E-state index is 13.2. The first-order chi connectivity index (χ1) is 16.7. The van der Waals surface area contributed by atoms with E-state index >= 15 is 0 Å². The van der Waals surface area contributed by atoms with Gasteiger partial charge in [0.05, 0.1) is 23.7 Å². The third-order valence-electron chi connectivity index (χ3n) is 10.8. The average molecular weight is 485 g/mol. The average Bonchev–Trinajstić information content (AvgIpc) is 3.17. The first-order valence-corrected chi connectivity index (χ1v) is 13.3. The van der Waals surface area contributed by atoms with Gasteiger partial charge in [-0.1, -0.05) is 30.7 Å². The standard InChI is InChI=1S/C29H40O6/c1-16-12-24(35-27(33)20(16)15-34-4)19(14-30)22-11-10-21-18-9-8-17-6-5-7-25(31)28(17,2)23(18)13-26(32)29(21,22)3/h5-6,8,18-19,21-24,26,30,32H,7,9-15H2,1-4H3/t18?,19-,21?,22?,23?,24+,26-,28-,29-/m0/s1. The van der Waals surface area contributed by atoms with E-state index in [4.69, 9.17) is 9.47 Å². The summed E-state index contributed by atoms with van der Waals surface area (Å²) in [6.45, 7) is 6.37. The van der Waals surface area contributed by atoms with Crippen LogP contribution in [0.3, 0.4) is 0 Å². The lowest BCUT2D eigenvalue weighted by Gasteiger charge is -2.58. The van der Waals surface area contributed by atoms with Crippen LogP contribution in [0.1, 0.15) is 59.3 Å². The number of carbonyl (C=O) groups is 2. The fourth-order valence-electron chi connectivity index (χ4n) is 8.76. The van der Waals surface area contributed by atoms with Gasteiger partial charge in [0.2, 0.25) is 0 Å². The number of carbonyl (C=O) groups excluding carboxylic acids is 2. The van der Waals surface area contributed by atoms with Crippen molar-refractivity contribution in [3.63, 3.8) is 0 Å². The van der Waals surface area contributed by atoms with Crippen molar-refractivity contribution in [3.05, 3.63) is 34.9 Å². The minimum Gasteiger partial charge on any atom is -0.458 e. The predicted octanol–water partition coefficient (Wildman–Crippen LogP) is 3.77. The molecule has 6 nitrogen and oxygen atoms in total. The van der Waals surface area contributed by atoms with Gasteiger partial charge in [-0.05, 0) is 74.2 Å². The van der Waals surface area contributed by atoms with Crippen molar-refractivity contribution in [1.82, 2.24) is 0 Å². The minimum absolute atomic E-state index is 0.0446.